The van der Waals surface area contributed by atoms with Crippen molar-refractivity contribution in [3.8, 4) is 5.75 Å². The van der Waals surface area contributed by atoms with Gasteiger partial charge in [0.05, 0.1) is 26.5 Å². The Balaban J connectivity index is 1.62. The minimum Gasteiger partial charge on any atom is -0.496 e. The van der Waals surface area contributed by atoms with Crippen LogP contribution in [0.1, 0.15) is 46.1 Å². The van der Waals surface area contributed by atoms with Crippen LogP contribution in [0.5, 0.6) is 5.75 Å². The summed E-state index contributed by atoms with van der Waals surface area (Å²) in [4.78, 5) is 40.8. The summed E-state index contributed by atoms with van der Waals surface area (Å²) in [5.74, 6) is -0.0239. The van der Waals surface area contributed by atoms with E-state index in [0.29, 0.717) is 17.9 Å². The molecule has 0 aliphatic carbocycles. The van der Waals surface area contributed by atoms with Crippen molar-refractivity contribution in [2.75, 3.05) is 20.3 Å². The van der Waals surface area contributed by atoms with E-state index in [1.165, 1.54) is 15.6 Å². The van der Waals surface area contributed by atoms with Gasteiger partial charge in [0.25, 0.3) is 5.91 Å². The number of benzene rings is 1. The predicted molar refractivity (Wildman–Crippen MR) is 125 cm³/mol. The second kappa shape index (κ2) is 10.0. The van der Waals surface area contributed by atoms with E-state index in [-0.39, 0.29) is 43.5 Å². The summed E-state index contributed by atoms with van der Waals surface area (Å²) in [5, 5.41) is 7.20. The highest BCUT2D eigenvalue weighted by Gasteiger charge is 2.48. The third kappa shape index (κ3) is 4.77. The predicted octanol–water partition coefficient (Wildman–Crippen LogP) is 2.43. The molecule has 1 aromatic carbocycles. The number of rotatable bonds is 9. The van der Waals surface area contributed by atoms with Crippen LogP contribution in [0.4, 0.5) is 0 Å². The molecule has 1 aliphatic heterocycles. The molecule has 0 saturated heterocycles. The number of carbonyl (C=O) groups excluding carboxylic acids is 3. The number of fused-ring (bicyclic) bond motifs is 1. The lowest BCUT2D eigenvalue weighted by atomic mass is 9.94. The van der Waals surface area contributed by atoms with Crippen molar-refractivity contribution in [1.82, 2.24) is 20.0 Å². The Morgan fingerprint density at radius 2 is 2.03 bits per heavy atom. The summed E-state index contributed by atoms with van der Waals surface area (Å²) in [6.45, 7) is 4.11. The molecule has 2 aromatic heterocycles. The Morgan fingerprint density at radius 1 is 1.23 bits per heavy atom. The summed E-state index contributed by atoms with van der Waals surface area (Å²) in [6, 6.07) is 12.4. The first kappa shape index (κ1) is 24.1. The fraction of sp³-hybridized carbons (Fsp3) is 0.360. The van der Waals surface area contributed by atoms with Gasteiger partial charge in [-0.05, 0) is 32.0 Å². The van der Waals surface area contributed by atoms with Gasteiger partial charge in [-0.25, -0.2) is 4.79 Å². The van der Waals surface area contributed by atoms with Crippen molar-refractivity contribution in [2.24, 2.45) is 0 Å². The molecular formula is C25H28N4O6. The van der Waals surface area contributed by atoms with Crippen molar-refractivity contribution in [1.29, 1.82) is 0 Å². The number of nitrogens with one attached hydrogen (secondary N) is 1. The molecule has 0 bridgehead atoms. The standard InChI is InChI=1S/C25H28N4O6/c1-4-34-23(31)19-14-20-22(30)28(12-11-18-9-7-13-35-18)25(2,16-29(20)27-19)24(32)26-15-17-8-5-6-10-21(17)33-3/h5-10,13-14H,4,11-12,15-16H2,1-3H3,(H,26,32)/t25-/m0/s1. The smallest absolute Gasteiger partial charge is 0.358 e. The second-order valence-corrected chi connectivity index (χ2v) is 8.35. The number of hydrogen-bond acceptors (Lipinski definition) is 7. The van der Waals surface area contributed by atoms with Gasteiger partial charge in [-0.3, -0.25) is 14.3 Å². The molecule has 1 aliphatic rings. The monoisotopic (exact) mass is 480 g/mol. The lowest BCUT2D eigenvalue weighted by Crippen LogP contribution is -2.64. The van der Waals surface area contributed by atoms with Gasteiger partial charge >= 0.3 is 5.97 Å². The lowest BCUT2D eigenvalue weighted by molar-refractivity contribution is -0.133. The van der Waals surface area contributed by atoms with Crippen LogP contribution < -0.4 is 10.1 Å². The van der Waals surface area contributed by atoms with Gasteiger partial charge in [0.1, 0.15) is 22.7 Å². The number of amides is 2. The topological polar surface area (TPSA) is 116 Å². The molecule has 3 aromatic rings. The Hall–Kier alpha value is -4.08. The number of hydrogen-bond donors (Lipinski definition) is 1. The van der Waals surface area contributed by atoms with Gasteiger partial charge < -0.3 is 24.1 Å². The molecule has 0 radical (unpaired) electrons. The number of carbonyl (C=O) groups is 3. The molecule has 10 nitrogen and oxygen atoms in total. The highest BCUT2D eigenvalue weighted by molar-refractivity contribution is 6.01. The zero-order valence-electron chi connectivity index (χ0n) is 19.9. The third-order valence-corrected chi connectivity index (χ3v) is 6.07. The fourth-order valence-corrected chi connectivity index (χ4v) is 4.19. The van der Waals surface area contributed by atoms with E-state index in [2.05, 4.69) is 10.4 Å². The van der Waals surface area contributed by atoms with Crippen LogP contribution in [-0.2, 0) is 29.0 Å². The minimum atomic E-state index is -1.27. The quantitative estimate of drug-likeness (QED) is 0.468. The molecule has 10 heteroatoms. The number of furan rings is 1. The summed E-state index contributed by atoms with van der Waals surface area (Å²) in [6.07, 6.45) is 1.99. The van der Waals surface area contributed by atoms with Crippen molar-refractivity contribution < 1.29 is 28.3 Å². The number of para-hydroxylation sites is 1. The SMILES string of the molecule is CCOC(=O)c1cc2n(n1)C[C@@](C)(C(=O)NCc1ccccc1OC)N(CCc1ccco1)C2=O. The molecule has 4 rings (SSSR count). The van der Waals surface area contributed by atoms with E-state index in [1.807, 2.05) is 30.3 Å². The Labute approximate surface area is 202 Å². The van der Waals surface area contributed by atoms with Crippen LogP contribution in [0.3, 0.4) is 0 Å². The van der Waals surface area contributed by atoms with Crippen molar-refractivity contribution in [3.63, 3.8) is 0 Å². The molecule has 0 fully saturated rings. The van der Waals surface area contributed by atoms with E-state index < -0.39 is 17.4 Å². The van der Waals surface area contributed by atoms with Crippen molar-refractivity contribution in [3.05, 3.63) is 71.4 Å². The molecule has 35 heavy (non-hydrogen) atoms. The second-order valence-electron chi connectivity index (χ2n) is 8.35. The van der Waals surface area contributed by atoms with Crippen molar-refractivity contribution >= 4 is 17.8 Å². The van der Waals surface area contributed by atoms with Crippen LogP contribution in [0, 0.1) is 0 Å². The maximum atomic E-state index is 13.6. The Morgan fingerprint density at radius 3 is 2.74 bits per heavy atom. The van der Waals surface area contributed by atoms with Crippen LogP contribution in [0.15, 0.2) is 53.1 Å². The van der Waals surface area contributed by atoms with E-state index in [9.17, 15) is 14.4 Å². The minimum absolute atomic E-state index is 0.0277. The number of methoxy groups -OCH3 is 1. The lowest BCUT2D eigenvalue weighted by Gasteiger charge is -2.43. The summed E-state index contributed by atoms with van der Waals surface area (Å²) in [5.41, 5.74) is -0.209. The van der Waals surface area contributed by atoms with Crippen LogP contribution in [0.25, 0.3) is 0 Å². The van der Waals surface area contributed by atoms with Gasteiger partial charge in [0.2, 0.25) is 5.91 Å². The number of nitrogens with zero attached hydrogens (tertiary/aromatic N) is 3. The van der Waals surface area contributed by atoms with E-state index >= 15 is 0 Å². The first-order valence-electron chi connectivity index (χ1n) is 11.4. The molecule has 184 valence electrons. The molecule has 0 unspecified atom stereocenters. The average molecular weight is 481 g/mol. The molecular weight excluding hydrogens is 452 g/mol. The van der Waals surface area contributed by atoms with Gasteiger partial charge in [0.15, 0.2) is 5.69 Å². The normalized spacial score (nSPS) is 17.1. The van der Waals surface area contributed by atoms with E-state index in [4.69, 9.17) is 13.9 Å². The molecule has 3 heterocycles. The van der Waals surface area contributed by atoms with Crippen LogP contribution >= 0.6 is 0 Å². The van der Waals surface area contributed by atoms with Gasteiger partial charge in [-0.2, -0.15) is 5.10 Å². The number of ether oxygens (including phenoxy) is 2. The first-order valence-corrected chi connectivity index (χ1v) is 11.4. The maximum Gasteiger partial charge on any atom is 0.358 e. The zero-order valence-corrected chi connectivity index (χ0v) is 19.9. The zero-order chi connectivity index (χ0) is 25.0. The van der Waals surface area contributed by atoms with Crippen LogP contribution in [-0.4, -0.2) is 58.3 Å². The maximum absolute atomic E-state index is 13.6. The molecule has 1 atom stereocenters. The third-order valence-electron chi connectivity index (χ3n) is 6.07. The highest BCUT2D eigenvalue weighted by Crippen LogP contribution is 2.29. The number of esters is 1. The highest BCUT2D eigenvalue weighted by atomic mass is 16.5. The van der Waals surface area contributed by atoms with Gasteiger partial charge in [-0.1, -0.05) is 18.2 Å². The summed E-state index contributed by atoms with van der Waals surface area (Å²) >= 11 is 0. The van der Waals surface area contributed by atoms with Crippen LogP contribution in [0.2, 0.25) is 0 Å². The fourth-order valence-electron chi connectivity index (χ4n) is 4.19. The summed E-state index contributed by atoms with van der Waals surface area (Å²) < 4.78 is 17.2. The van der Waals surface area contributed by atoms with E-state index in [0.717, 1.165) is 5.56 Å². The average Bonchev–Trinajstić information content (AvgIpc) is 3.53. The Kier molecular flexibility index (Phi) is 6.90. The van der Waals surface area contributed by atoms with Gasteiger partial charge in [-0.15, -0.1) is 0 Å². The largest absolute Gasteiger partial charge is 0.496 e. The molecule has 0 spiro atoms. The first-order chi connectivity index (χ1) is 16.9. The molecule has 0 saturated carbocycles. The van der Waals surface area contributed by atoms with E-state index in [1.54, 1.807) is 33.3 Å². The molecule has 1 N–H and O–H groups in total. The molecule has 2 amide bonds. The number of aromatic nitrogens is 2. The summed E-state index contributed by atoms with van der Waals surface area (Å²) in [7, 11) is 1.57. The van der Waals surface area contributed by atoms with Gasteiger partial charge in [0, 0.05) is 31.1 Å². The Bertz CT molecular complexity index is 1220. The van der Waals surface area contributed by atoms with Crippen molar-refractivity contribution in [2.45, 2.75) is 38.9 Å².